The molecule has 1 aliphatic rings. The average Bonchev–Trinajstić information content (AvgIpc) is 2.83. The van der Waals surface area contributed by atoms with Crippen LogP contribution in [0.3, 0.4) is 0 Å². The average molecular weight is 301 g/mol. The van der Waals surface area contributed by atoms with Gasteiger partial charge < -0.3 is 19.7 Å². The lowest BCUT2D eigenvalue weighted by Gasteiger charge is -2.24. The highest BCUT2D eigenvalue weighted by atomic mass is 16.5. The number of carboxylic acids is 1. The van der Waals surface area contributed by atoms with Crippen LogP contribution in [0.15, 0.2) is 24.4 Å². The summed E-state index contributed by atoms with van der Waals surface area (Å²) in [5.74, 6) is -0.396. The van der Waals surface area contributed by atoms with E-state index in [1.165, 1.54) is 0 Å². The van der Waals surface area contributed by atoms with Crippen LogP contribution < -0.4 is 14.4 Å². The van der Waals surface area contributed by atoms with Gasteiger partial charge in [-0.1, -0.05) is 12.1 Å². The summed E-state index contributed by atoms with van der Waals surface area (Å²) in [4.78, 5) is 10.9. The molecule has 0 bridgehead atoms. The molecule has 1 atom stereocenters. The molecule has 0 saturated heterocycles. The zero-order chi connectivity index (χ0) is 16.1. The summed E-state index contributed by atoms with van der Waals surface area (Å²) in [6.45, 7) is 5.12. The monoisotopic (exact) mass is 301 g/mol. The quantitative estimate of drug-likeness (QED) is 0.825. The lowest BCUT2D eigenvalue weighted by molar-refractivity contribution is -0.695. The van der Waals surface area contributed by atoms with E-state index in [-0.39, 0.29) is 12.6 Å². The van der Waals surface area contributed by atoms with Crippen molar-refractivity contribution in [3.63, 3.8) is 0 Å². The molecule has 1 aliphatic heterocycles. The third kappa shape index (κ3) is 2.52. The summed E-state index contributed by atoms with van der Waals surface area (Å²) in [6, 6.07) is 5.94. The standard InChI is InChI=1S/C17H19NO4/c1-10-6-11-4-5-12-7-14(17(2,3)21)22-16(12)13(11)8-18(10)9-15(19)20/h4-6,8,14,21H,7,9H2,1-3H3. The van der Waals surface area contributed by atoms with Crippen LogP contribution in [0.2, 0.25) is 0 Å². The Kier molecular flexibility index (Phi) is 3.33. The number of aliphatic hydroxyl groups is 1. The molecule has 5 heteroatoms. The number of pyridine rings is 1. The van der Waals surface area contributed by atoms with Gasteiger partial charge in [-0.15, -0.1) is 0 Å². The van der Waals surface area contributed by atoms with Gasteiger partial charge in [-0.05, 0) is 24.8 Å². The van der Waals surface area contributed by atoms with Crippen molar-refractivity contribution < 1.29 is 24.3 Å². The van der Waals surface area contributed by atoms with Gasteiger partial charge >= 0.3 is 0 Å². The van der Waals surface area contributed by atoms with Gasteiger partial charge in [-0.25, -0.2) is 0 Å². The first-order valence-corrected chi connectivity index (χ1v) is 7.30. The van der Waals surface area contributed by atoms with Crippen molar-refractivity contribution in [1.82, 2.24) is 0 Å². The highest BCUT2D eigenvalue weighted by molar-refractivity contribution is 5.89. The minimum absolute atomic E-state index is 0.194. The molecule has 5 nitrogen and oxygen atoms in total. The van der Waals surface area contributed by atoms with Crippen LogP contribution in [0.1, 0.15) is 25.1 Å². The summed E-state index contributed by atoms with van der Waals surface area (Å²) in [7, 11) is 0. The van der Waals surface area contributed by atoms with Crippen LogP contribution >= 0.6 is 0 Å². The molecule has 0 saturated carbocycles. The van der Waals surface area contributed by atoms with Gasteiger partial charge in [0.2, 0.25) is 0 Å². The summed E-state index contributed by atoms with van der Waals surface area (Å²) in [5.41, 5.74) is 0.939. The number of benzene rings is 1. The smallest absolute Gasteiger partial charge is 0.188 e. The minimum Gasteiger partial charge on any atom is -0.544 e. The molecule has 0 spiro atoms. The summed E-state index contributed by atoms with van der Waals surface area (Å²) in [5, 5.41) is 22.9. The molecule has 2 aromatic rings. The number of nitrogens with zero attached hydrogens (tertiary/aromatic N) is 1. The molecule has 2 heterocycles. The number of carbonyl (C=O) groups is 1. The van der Waals surface area contributed by atoms with Gasteiger partial charge in [0.15, 0.2) is 18.4 Å². The van der Waals surface area contributed by atoms with Crippen molar-refractivity contribution in [2.45, 2.75) is 45.4 Å². The molecule has 22 heavy (non-hydrogen) atoms. The number of carbonyl (C=O) groups excluding carboxylic acids is 1. The summed E-state index contributed by atoms with van der Waals surface area (Å²) >= 11 is 0. The zero-order valence-electron chi connectivity index (χ0n) is 12.9. The van der Waals surface area contributed by atoms with E-state index >= 15 is 0 Å². The second-order valence-electron chi connectivity index (χ2n) is 6.44. The van der Waals surface area contributed by atoms with Gasteiger partial charge in [0.1, 0.15) is 17.8 Å². The molecule has 3 rings (SSSR count). The first kappa shape index (κ1) is 14.8. The Hall–Kier alpha value is -2.14. The van der Waals surface area contributed by atoms with Crippen molar-refractivity contribution in [1.29, 1.82) is 0 Å². The van der Waals surface area contributed by atoms with Crippen LogP contribution in [0, 0.1) is 6.92 Å². The van der Waals surface area contributed by atoms with E-state index in [1.54, 1.807) is 24.6 Å². The molecule has 1 N–H and O–H groups in total. The Balaban J connectivity index is 2.11. The molecule has 0 radical (unpaired) electrons. The van der Waals surface area contributed by atoms with Crippen molar-refractivity contribution in [3.05, 3.63) is 35.7 Å². The molecule has 1 unspecified atom stereocenters. The number of hydrogen-bond acceptors (Lipinski definition) is 4. The SMILES string of the molecule is Cc1cc2ccc3c(c2c[n+]1CC(=O)[O-])OC(C(C)(C)O)C3. The van der Waals surface area contributed by atoms with E-state index in [0.29, 0.717) is 6.42 Å². The maximum absolute atomic E-state index is 10.9. The number of ether oxygens (including phenoxy) is 1. The Labute approximate surface area is 128 Å². The van der Waals surface area contributed by atoms with Crippen LogP contribution in [0.4, 0.5) is 0 Å². The number of fused-ring (bicyclic) bond motifs is 3. The zero-order valence-corrected chi connectivity index (χ0v) is 12.9. The van der Waals surface area contributed by atoms with E-state index in [4.69, 9.17) is 4.74 Å². The highest BCUT2D eigenvalue weighted by Crippen LogP contribution is 2.38. The Bertz CT molecular complexity index is 761. The van der Waals surface area contributed by atoms with E-state index in [9.17, 15) is 15.0 Å². The largest absolute Gasteiger partial charge is 0.544 e. The third-order valence-electron chi connectivity index (χ3n) is 4.17. The van der Waals surface area contributed by atoms with E-state index in [1.807, 2.05) is 25.1 Å². The van der Waals surface area contributed by atoms with Gasteiger partial charge in [-0.3, -0.25) is 0 Å². The normalized spacial score (nSPS) is 17.4. The van der Waals surface area contributed by atoms with Crippen molar-refractivity contribution in [2.75, 3.05) is 0 Å². The lowest BCUT2D eigenvalue weighted by atomic mass is 9.96. The minimum atomic E-state index is -1.13. The van der Waals surface area contributed by atoms with Crippen molar-refractivity contribution in [3.8, 4) is 5.75 Å². The Morgan fingerprint density at radius 1 is 1.50 bits per heavy atom. The Morgan fingerprint density at radius 2 is 2.23 bits per heavy atom. The highest BCUT2D eigenvalue weighted by Gasteiger charge is 2.36. The first-order valence-electron chi connectivity index (χ1n) is 7.30. The molecule has 1 aromatic carbocycles. The topological polar surface area (TPSA) is 73.5 Å². The van der Waals surface area contributed by atoms with Crippen molar-refractivity contribution in [2.24, 2.45) is 0 Å². The lowest BCUT2D eigenvalue weighted by Crippen LogP contribution is -2.45. The maximum Gasteiger partial charge on any atom is 0.188 e. The fraction of sp³-hybridized carbons (Fsp3) is 0.412. The second kappa shape index (κ2) is 4.95. The molecule has 1 aromatic heterocycles. The van der Waals surface area contributed by atoms with Crippen LogP contribution in [0.5, 0.6) is 5.75 Å². The summed E-state index contributed by atoms with van der Waals surface area (Å²) < 4.78 is 7.60. The predicted molar refractivity (Wildman–Crippen MR) is 78.3 cm³/mol. The van der Waals surface area contributed by atoms with Crippen LogP contribution in [-0.4, -0.2) is 22.8 Å². The first-order chi connectivity index (χ1) is 10.3. The fourth-order valence-electron chi connectivity index (χ4n) is 2.87. The molecular formula is C17H19NO4. The van der Waals surface area contributed by atoms with Crippen LogP contribution in [0.25, 0.3) is 10.8 Å². The molecule has 116 valence electrons. The summed E-state index contributed by atoms with van der Waals surface area (Å²) in [6.07, 6.45) is 2.12. The predicted octanol–water partition coefficient (Wildman–Crippen LogP) is 0.260. The number of aliphatic carboxylic acids is 1. The van der Waals surface area contributed by atoms with Gasteiger partial charge in [0, 0.05) is 19.4 Å². The number of aryl methyl sites for hydroxylation is 1. The Morgan fingerprint density at radius 3 is 2.86 bits per heavy atom. The number of rotatable bonds is 3. The number of carboxylic acid groups (broad SMARTS) is 1. The number of aromatic nitrogens is 1. The van der Waals surface area contributed by atoms with E-state index in [2.05, 4.69) is 0 Å². The van der Waals surface area contributed by atoms with Crippen LogP contribution in [-0.2, 0) is 17.8 Å². The molecule has 0 amide bonds. The van der Waals surface area contributed by atoms with E-state index < -0.39 is 11.6 Å². The maximum atomic E-state index is 10.9. The molecule has 0 aliphatic carbocycles. The van der Waals surface area contributed by atoms with Crippen molar-refractivity contribution >= 4 is 16.7 Å². The second-order valence-corrected chi connectivity index (χ2v) is 6.44. The third-order valence-corrected chi connectivity index (χ3v) is 4.17. The van der Waals surface area contributed by atoms with E-state index in [0.717, 1.165) is 27.8 Å². The van der Waals surface area contributed by atoms with Gasteiger partial charge in [-0.2, -0.15) is 4.57 Å². The van der Waals surface area contributed by atoms with Gasteiger partial charge in [0.25, 0.3) is 0 Å². The number of hydrogen-bond donors (Lipinski definition) is 1. The van der Waals surface area contributed by atoms with Gasteiger partial charge in [0.05, 0.1) is 11.0 Å². The molecular weight excluding hydrogens is 282 g/mol. The fourth-order valence-corrected chi connectivity index (χ4v) is 2.87. The molecule has 0 fully saturated rings.